The summed E-state index contributed by atoms with van der Waals surface area (Å²) in [5.41, 5.74) is 1.00. The van der Waals surface area contributed by atoms with E-state index in [1.165, 1.54) is 38.1 Å². The number of carbonyl (C=O) groups is 3. The molecule has 0 aromatic heterocycles. The van der Waals surface area contributed by atoms with Crippen LogP contribution in [0.1, 0.15) is 31.1 Å². The van der Waals surface area contributed by atoms with Crippen LogP contribution < -0.4 is 14.8 Å². The molecular formula is C24H21NO6S. The van der Waals surface area contributed by atoms with Crippen molar-refractivity contribution in [2.24, 2.45) is 0 Å². The molecule has 3 aromatic carbocycles. The zero-order valence-corrected chi connectivity index (χ0v) is 18.3. The second-order valence-electron chi connectivity index (χ2n) is 6.61. The van der Waals surface area contributed by atoms with E-state index in [-0.39, 0.29) is 22.7 Å². The van der Waals surface area contributed by atoms with Gasteiger partial charge >= 0.3 is 5.97 Å². The highest BCUT2D eigenvalue weighted by Gasteiger charge is 2.16. The molecule has 0 fully saturated rings. The second kappa shape index (κ2) is 10.5. The number of thioether (sulfide) groups is 1. The molecule has 1 amide bonds. The van der Waals surface area contributed by atoms with E-state index in [2.05, 4.69) is 5.32 Å². The molecule has 0 aliphatic rings. The third kappa shape index (κ3) is 5.47. The monoisotopic (exact) mass is 451 g/mol. The van der Waals surface area contributed by atoms with Gasteiger partial charge in [-0.15, -0.1) is 11.8 Å². The molecule has 0 heterocycles. The first-order valence-corrected chi connectivity index (χ1v) is 10.5. The number of nitrogens with one attached hydrogen (secondary N) is 1. The third-order valence-corrected chi connectivity index (χ3v) is 5.56. The summed E-state index contributed by atoms with van der Waals surface area (Å²) in [6.07, 6.45) is 0. The number of carbonyl (C=O) groups excluding carboxylic acids is 2. The van der Waals surface area contributed by atoms with Crippen LogP contribution in [0.15, 0.2) is 71.6 Å². The normalized spacial score (nSPS) is 10.3. The van der Waals surface area contributed by atoms with Gasteiger partial charge in [-0.05, 0) is 48.5 Å². The van der Waals surface area contributed by atoms with Gasteiger partial charge in [0.25, 0.3) is 5.91 Å². The zero-order valence-electron chi connectivity index (χ0n) is 17.5. The maximum Gasteiger partial charge on any atom is 0.336 e. The van der Waals surface area contributed by atoms with Gasteiger partial charge < -0.3 is 19.9 Å². The van der Waals surface area contributed by atoms with E-state index < -0.39 is 11.9 Å². The number of rotatable bonds is 9. The predicted octanol–water partition coefficient (Wildman–Crippen LogP) is 4.63. The van der Waals surface area contributed by atoms with Crippen molar-refractivity contribution in [2.45, 2.75) is 4.90 Å². The van der Waals surface area contributed by atoms with E-state index in [9.17, 15) is 19.5 Å². The molecule has 32 heavy (non-hydrogen) atoms. The van der Waals surface area contributed by atoms with Crippen molar-refractivity contribution in [3.05, 3.63) is 83.4 Å². The van der Waals surface area contributed by atoms with Gasteiger partial charge in [-0.1, -0.05) is 18.2 Å². The number of Topliss-reactive ketones (excluding diaryl/α,β-unsaturated/α-hetero) is 1. The molecule has 0 aliphatic carbocycles. The maximum atomic E-state index is 12.6. The van der Waals surface area contributed by atoms with Gasteiger partial charge in [0.05, 0.1) is 31.1 Å². The van der Waals surface area contributed by atoms with Gasteiger partial charge in [0.1, 0.15) is 0 Å². The second-order valence-corrected chi connectivity index (χ2v) is 7.66. The predicted molar refractivity (Wildman–Crippen MR) is 122 cm³/mol. The summed E-state index contributed by atoms with van der Waals surface area (Å²) in [4.78, 5) is 37.3. The Labute approximate surface area is 189 Å². The van der Waals surface area contributed by atoms with Crippen LogP contribution in [0.5, 0.6) is 11.5 Å². The van der Waals surface area contributed by atoms with Crippen LogP contribution in [0.25, 0.3) is 0 Å². The Balaban J connectivity index is 1.67. The molecule has 0 aliphatic heterocycles. The van der Waals surface area contributed by atoms with E-state index >= 15 is 0 Å². The Morgan fingerprint density at radius 3 is 2.28 bits per heavy atom. The molecule has 7 nitrogen and oxygen atoms in total. The number of anilines is 1. The van der Waals surface area contributed by atoms with Gasteiger partial charge in [0.2, 0.25) is 0 Å². The van der Waals surface area contributed by atoms with E-state index in [1.54, 1.807) is 48.5 Å². The molecule has 0 bridgehead atoms. The van der Waals surface area contributed by atoms with Crippen molar-refractivity contribution in [2.75, 3.05) is 25.3 Å². The number of hydrogen-bond donors (Lipinski definition) is 2. The number of ketones is 1. The maximum absolute atomic E-state index is 12.6. The molecule has 164 valence electrons. The number of methoxy groups -OCH3 is 2. The number of carboxylic acid groups (broad SMARTS) is 1. The van der Waals surface area contributed by atoms with Crippen molar-refractivity contribution >= 4 is 35.1 Å². The quantitative estimate of drug-likeness (QED) is 0.361. The fraction of sp³-hybridized carbons (Fsp3) is 0.125. The Bertz CT molecular complexity index is 1160. The van der Waals surface area contributed by atoms with Gasteiger partial charge in [-0.3, -0.25) is 9.59 Å². The first kappa shape index (κ1) is 22.9. The number of hydrogen-bond acceptors (Lipinski definition) is 6. The number of amides is 1. The minimum Gasteiger partial charge on any atom is -0.493 e. The van der Waals surface area contributed by atoms with Gasteiger partial charge in [0.15, 0.2) is 17.3 Å². The molecule has 0 saturated carbocycles. The van der Waals surface area contributed by atoms with E-state index in [0.29, 0.717) is 22.7 Å². The zero-order chi connectivity index (χ0) is 23.1. The molecule has 3 aromatic rings. The van der Waals surface area contributed by atoms with Gasteiger partial charge in [-0.25, -0.2) is 4.79 Å². The molecular weight excluding hydrogens is 430 g/mol. The fourth-order valence-corrected chi connectivity index (χ4v) is 3.82. The molecule has 0 atom stereocenters. The summed E-state index contributed by atoms with van der Waals surface area (Å²) in [5.74, 6) is -0.560. The van der Waals surface area contributed by atoms with Crippen LogP contribution in [0, 0.1) is 0 Å². The number of aromatic carboxylic acids is 1. The van der Waals surface area contributed by atoms with Crippen molar-refractivity contribution in [3.8, 4) is 11.5 Å². The van der Waals surface area contributed by atoms with Crippen molar-refractivity contribution < 1.29 is 29.0 Å². The molecule has 8 heteroatoms. The van der Waals surface area contributed by atoms with E-state index in [1.807, 2.05) is 6.07 Å². The largest absolute Gasteiger partial charge is 0.493 e. The average molecular weight is 452 g/mol. The lowest BCUT2D eigenvalue weighted by Gasteiger charge is -2.10. The van der Waals surface area contributed by atoms with Crippen LogP contribution in [0.2, 0.25) is 0 Å². The standard InChI is InChI=1S/C24H21NO6S/c1-30-21-11-10-15(12-22(21)31-2)20(26)14-32-17-7-5-6-16(13-17)25-23(27)18-8-3-4-9-19(18)24(28)29/h3-13H,14H2,1-2H3,(H,25,27)(H,28,29). The van der Waals surface area contributed by atoms with E-state index in [0.717, 1.165) is 4.90 Å². The molecule has 0 spiro atoms. The molecule has 0 radical (unpaired) electrons. The highest BCUT2D eigenvalue weighted by Crippen LogP contribution is 2.29. The Kier molecular flexibility index (Phi) is 7.51. The summed E-state index contributed by atoms with van der Waals surface area (Å²) in [5, 5.41) is 12.0. The molecule has 3 rings (SSSR count). The Morgan fingerprint density at radius 1 is 0.875 bits per heavy atom. The number of ether oxygens (including phenoxy) is 2. The summed E-state index contributed by atoms with van der Waals surface area (Å²) >= 11 is 1.32. The van der Waals surface area contributed by atoms with Crippen LogP contribution in [0.4, 0.5) is 5.69 Å². The summed E-state index contributed by atoms with van der Waals surface area (Å²) in [6, 6.07) is 18.0. The van der Waals surface area contributed by atoms with Gasteiger partial charge in [0, 0.05) is 16.1 Å². The minimum absolute atomic E-state index is 0.0710. The highest BCUT2D eigenvalue weighted by atomic mass is 32.2. The highest BCUT2D eigenvalue weighted by molar-refractivity contribution is 8.00. The molecule has 2 N–H and O–H groups in total. The SMILES string of the molecule is COc1ccc(C(=O)CSc2cccc(NC(=O)c3ccccc3C(=O)O)c2)cc1OC. The lowest BCUT2D eigenvalue weighted by atomic mass is 10.1. The summed E-state index contributed by atoms with van der Waals surface area (Å²) in [6.45, 7) is 0. The third-order valence-electron chi connectivity index (χ3n) is 4.57. The summed E-state index contributed by atoms with van der Waals surface area (Å²) < 4.78 is 10.4. The number of carboxylic acids is 1. The Hall–Kier alpha value is -3.78. The average Bonchev–Trinajstić information content (AvgIpc) is 2.82. The lowest BCUT2D eigenvalue weighted by Crippen LogP contribution is -2.16. The van der Waals surface area contributed by atoms with Crippen molar-refractivity contribution in [3.63, 3.8) is 0 Å². The minimum atomic E-state index is -1.17. The van der Waals surface area contributed by atoms with E-state index in [4.69, 9.17) is 9.47 Å². The number of benzene rings is 3. The van der Waals surface area contributed by atoms with Gasteiger partial charge in [-0.2, -0.15) is 0 Å². The molecule has 0 unspecified atom stereocenters. The van der Waals surface area contributed by atoms with Crippen LogP contribution in [-0.2, 0) is 0 Å². The Morgan fingerprint density at radius 2 is 1.59 bits per heavy atom. The first-order valence-electron chi connectivity index (χ1n) is 9.54. The van der Waals surface area contributed by atoms with Crippen molar-refractivity contribution in [1.29, 1.82) is 0 Å². The van der Waals surface area contributed by atoms with Crippen LogP contribution in [0.3, 0.4) is 0 Å². The van der Waals surface area contributed by atoms with Crippen LogP contribution >= 0.6 is 11.8 Å². The topological polar surface area (TPSA) is 102 Å². The smallest absolute Gasteiger partial charge is 0.336 e. The fourth-order valence-electron chi connectivity index (χ4n) is 2.97. The summed E-state index contributed by atoms with van der Waals surface area (Å²) in [7, 11) is 3.04. The molecule has 0 saturated heterocycles. The lowest BCUT2D eigenvalue weighted by molar-refractivity contribution is 0.0692. The first-order chi connectivity index (χ1) is 15.4. The van der Waals surface area contributed by atoms with Crippen LogP contribution in [-0.4, -0.2) is 42.7 Å². The van der Waals surface area contributed by atoms with Crippen molar-refractivity contribution in [1.82, 2.24) is 0 Å².